The highest BCUT2D eigenvalue weighted by Crippen LogP contribution is 2.29. The van der Waals surface area contributed by atoms with E-state index < -0.39 is 10.0 Å². The summed E-state index contributed by atoms with van der Waals surface area (Å²) in [5.41, 5.74) is 3.68. The van der Waals surface area contributed by atoms with Gasteiger partial charge >= 0.3 is 0 Å². The Hall–Kier alpha value is -2.60. The Labute approximate surface area is 154 Å². The summed E-state index contributed by atoms with van der Waals surface area (Å²) in [6.45, 7) is 7.75. The predicted molar refractivity (Wildman–Crippen MR) is 105 cm³/mol. The number of nitrogens with one attached hydrogen (secondary N) is 1. The van der Waals surface area contributed by atoms with Crippen LogP contribution in [-0.4, -0.2) is 18.2 Å². The van der Waals surface area contributed by atoms with Crippen LogP contribution in [0.25, 0.3) is 11.3 Å². The summed E-state index contributed by atoms with van der Waals surface area (Å²) in [4.78, 5) is 0.179. The van der Waals surface area contributed by atoms with E-state index in [4.69, 9.17) is 0 Å². The zero-order valence-electron chi connectivity index (χ0n) is 15.4. The average molecular weight is 369 g/mol. The van der Waals surface area contributed by atoms with Crippen LogP contribution in [-0.2, 0) is 10.0 Å². The van der Waals surface area contributed by atoms with Gasteiger partial charge in [-0.25, -0.2) is 8.42 Å². The minimum atomic E-state index is -3.78. The molecule has 3 aromatic rings. The van der Waals surface area contributed by atoms with Crippen molar-refractivity contribution in [2.45, 2.75) is 38.6 Å². The Morgan fingerprint density at radius 2 is 1.73 bits per heavy atom. The van der Waals surface area contributed by atoms with Gasteiger partial charge in [0, 0.05) is 17.8 Å². The fourth-order valence-corrected chi connectivity index (χ4v) is 3.96. The van der Waals surface area contributed by atoms with Gasteiger partial charge in [0.2, 0.25) is 0 Å². The zero-order chi connectivity index (χ0) is 18.9. The van der Waals surface area contributed by atoms with E-state index in [9.17, 15) is 8.42 Å². The summed E-state index contributed by atoms with van der Waals surface area (Å²) in [6, 6.07) is 15.1. The highest BCUT2D eigenvalue weighted by molar-refractivity contribution is 7.92. The number of rotatable bonds is 5. The van der Waals surface area contributed by atoms with E-state index in [0.717, 1.165) is 16.7 Å². The maximum Gasteiger partial charge on any atom is 0.265 e. The van der Waals surface area contributed by atoms with Crippen LogP contribution in [0.15, 0.2) is 59.6 Å². The van der Waals surface area contributed by atoms with Crippen molar-refractivity contribution in [3.63, 3.8) is 0 Å². The number of nitrogens with zero attached hydrogens (tertiary/aromatic N) is 2. The molecule has 0 saturated heterocycles. The average Bonchev–Trinajstić information content (AvgIpc) is 3.05. The van der Waals surface area contributed by atoms with Crippen molar-refractivity contribution < 1.29 is 8.42 Å². The number of hydrogen-bond acceptors (Lipinski definition) is 3. The van der Waals surface area contributed by atoms with Crippen molar-refractivity contribution in [1.29, 1.82) is 0 Å². The van der Waals surface area contributed by atoms with E-state index in [1.807, 2.05) is 76.2 Å². The largest absolute Gasteiger partial charge is 0.279 e. The molecular weight excluding hydrogens is 346 g/mol. The molecule has 26 heavy (non-hydrogen) atoms. The maximum absolute atomic E-state index is 13.1. The van der Waals surface area contributed by atoms with Gasteiger partial charge in [-0.05, 0) is 44.9 Å². The maximum atomic E-state index is 13.1. The van der Waals surface area contributed by atoms with Gasteiger partial charge in [0.15, 0.2) is 0 Å². The summed E-state index contributed by atoms with van der Waals surface area (Å²) in [5, 5.41) is 4.53. The van der Waals surface area contributed by atoms with Gasteiger partial charge in [-0.1, -0.05) is 42.5 Å². The Morgan fingerprint density at radius 3 is 2.38 bits per heavy atom. The molecule has 0 aliphatic rings. The van der Waals surface area contributed by atoms with Crippen molar-refractivity contribution >= 4 is 15.7 Å². The fourth-order valence-electron chi connectivity index (χ4n) is 2.68. The lowest BCUT2D eigenvalue weighted by Gasteiger charge is -2.11. The molecule has 3 rings (SSSR count). The van der Waals surface area contributed by atoms with E-state index in [1.54, 1.807) is 10.9 Å². The van der Waals surface area contributed by atoms with Crippen LogP contribution in [0, 0.1) is 13.8 Å². The normalized spacial score (nSPS) is 11.7. The second-order valence-electron chi connectivity index (χ2n) is 6.71. The lowest BCUT2D eigenvalue weighted by Crippen LogP contribution is -2.14. The van der Waals surface area contributed by atoms with Crippen LogP contribution in [0.5, 0.6) is 0 Å². The van der Waals surface area contributed by atoms with Gasteiger partial charge in [-0.15, -0.1) is 0 Å². The lowest BCUT2D eigenvalue weighted by atomic mass is 10.1. The second kappa shape index (κ2) is 6.96. The number of anilines is 1. The third-order valence-electron chi connectivity index (χ3n) is 4.20. The Balaban J connectivity index is 2.11. The Morgan fingerprint density at radius 1 is 1.04 bits per heavy atom. The number of sulfonamides is 1. The standard InChI is InChI=1S/C20H23N3O2S/c1-14(2)23-13-19(20(21-23)17-8-6-5-7-9-17)26(24,25)22-18-12-15(3)10-11-16(18)4/h5-14,22H,1-4H3. The molecule has 0 aliphatic heterocycles. The fraction of sp³-hybridized carbons (Fsp3) is 0.250. The SMILES string of the molecule is Cc1ccc(C)c(NS(=O)(=O)c2cn(C(C)C)nc2-c2ccccc2)c1. The first kappa shape index (κ1) is 18.2. The van der Waals surface area contributed by atoms with Gasteiger partial charge in [0.1, 0.15) is 10.6 Å². The van der Waals surface area contributed by atoms with E-state index in [0.29, 0.717) is 11.4 Å². The molecule has 6 heteroatoms. The lowest BCUT2D eigenvalue weighted by molar-refractivity contribution is 0.532. The number of benzene rings is 2. The van der Waals surface area contributed by atoms with Crippen molar-refractivity contribution in [3.8, 4) is 11.3 Å². The molecule has 0 spiro atoms. The highest BCUT2D eigenvalue weighted by Gasteiger charge is 2.25. The van der Waals surface area contributed by atoms with Gasteiger partial charge in [0.25, 0.3) is 10.0 Å². The Bertz CT molecular complexity index is 1020. The molecule has 0 atom stereocenters. The molecule has 1 aromatic heterocycles. The van der Waals surface area contributed by atoms with Crippen molar-refractivity contribution in [2.24, 2.45) is 0 Å². The minimum absolute atomic E-state index is 0.0575. The second-order valence-corrected chi connectivity index (χ2v) is 8.36. The Kier molecular flexibility index (Phi) is 4.87. The first-order valence-electron chi connectivity index (χ1n) is 8.52. The smallest absolute Gasteiger partial charge is 0.265 e. The number of aromatic nitrogens is 2. The summed E-state index contributed by atoms with van der Waals surface area (Å²) in [6.07, 6.45) is 1.60. The molecule has 5 nitrogen and oxygen atoms in total. The van der Waals surface area contributed by atoms with Crippen molar-refractivity contribution in [1.82, 2.24) is 9.78 Å². The van der Waals surface area contributed by atoms with E-state index in [2.05, 4.69) is 9.82 Å². The molecule has 0 saturated carbocycles. The summed E-state index contributed by atoms with van der Waals surface area (Å²) in [7, 11) is -3.78. The molecule has 2 aromatic carbocycles. The van der Waals surface area contributed by atoms with Gasteiger partial charge in [-0.3, -0.25) is 9.40 Å². The van der Waals surface area contributed by atoms with Gasteiger partial charge < -0.3 is 0 Å². The molecule has 1 N–H and O–H groups in total. The topological polar surface area (TPSA) is 64.0 Å². The van der Waals surface area contributed by atoms with Gasteiger partial charge in [0.05, 0.1) is 5.69 Å². The van der Waals surface area contributed by atoms with Crippen molar-refractivity contribution in [3.05, 3.63) is 65.9 Å². The highest BCUT2D eigenvalue weighted by atomic mass is 32.2. The van der Waals surface area contributed by atoms with Crippen molar-refractivity contribution in [2.75, 3.05) is 4.72 Å². The van der Waals surface area contributed by atoms with Crippen LogP contribution >= 0.6 is 0 Å². The quantitative estimate of drug-likeness (QED) is 0.718. The third-order valence-corrected chi connectivity index (χ3v) is 5.57. The molecule has 0 aliphatic carbocycles. The molecule has 0 amide bonds. The number of aryl methyl sites for hydroxylation is 2. The van der Waals surface area contributed by atoms with E-state index in [-0.39, 0.29) is 10.9 Å². The van der Waals surface area contributed by atoms with Gasteiger partial charge in [-0.2, -0.15) is 5.10 Å². The molecular formula is C20H23N3O2S. The molecule has 0 fully saturated rings. The third kappa shape index (κ3) is 3.65. The van der Waals surface area contributed by atoms with Crippen LogP contribution in [0.1, 0.15) is 31.0 Å². The van der Waals surface area contributed by atoms with E-state index >= 15 is 0 Å². The molecule has 136 valence electrons. The predicted octanol–water partition coefficient (Wildman–Crippen LogP) is 4.55. The summed E-state index contributed by atoms with van der Waals surface area (Å²) >= 11 is 0. The molecule has 0 unspecified atom stereocenters. The number of hydrogen-bond donors (Lipinski definition) is 1. The molecule has 0 bridgehead atoms. The first-order valence-corrected chi connectivity index (χ1v) is 10.0. The monoisotopic (exact) mass is 369 g/mol. The summed E-state index contributed by atoms with van der Waals surface area (Å²) in [5.74, 6) is 0. The van der Waals surface area contributed by atoms with Crippen LogP contribution in [0.2, 0.25) is 0 Å². The van der Waals surface area contributed by atoms with Crippen LogP contribution in [0.3, 0.4) is 0 Å². The summed E-state index contributed by atoms with van der Waals surface area (Å²) < 4.78 is 30.7. The van der Waals surface area contributed by atoms with E-state index in [1.165, 1.54) is 0 Å². The van der Waals surface area contributed by atoms with Crippen LogP contribution < -0.4 is 4.72 Å². The first-order chi connectivity index (χ1) is 12.3. The molecule has 1 heterocycles. The zero-order valence-corrected chi connectivity index (χ0v) is 16.2. The minimum Gasteiger partial charge on any atom is -0.279 e. The molecule has 0 radical (unpaired) electrons. The van der Waals surface area contributed by atoms with Crippen LogP contribution in [0.4, 0.5) is 5.69 Å².